The van der Waals surface area contributed by atoms with Crippen molar-refractivity contribution in [1.29, 1.82) is 0 Å². The average Bonchev–Trinajstić information content (AvgIpc) is 2.48. The largest absolute Gasteiger partial charge is 0.367 e. The van der Waals surface area contributed by atoms with E-state index in [1.807, 2.05) is 12.1 Å². The van der Waals surface area contributed by atoms with Crippen LogP contribution < -0.4 is 4.90 Å². The van der Waals surface area contributed by atoms with Crippen molar-refractivity contribution in [3.05, 3.63) is 41.7 Å². The molecular weight excluding hydrogens is 275 g/mol. The Bertz CT molecular complexity index is 486. The van der Waals surface area contributed by atoms with Crippen molar-refractivity contribution in [1.82, 2.24) is 4.90 Å². The highest BCUT2D eigenvalue weighted by atomic mass is 19.1. The van der Waals surface area contributed by atoms with E-state index in [0.717, 1.165) is 44.3 Å². The Labute approximate surface area is 134 Å². The standard InChI is InChI=1S/C19H29FN2/c1-16(2)7-6-8-17(3)15-21-11-13-22(14-12-21)19-10-5-4-9-18(19)20/h4-5,7,9-10,17H,6,8,11-15H2,1-3H3. The topological polar surface area (TPSA) is 6.48 Å². The highest BCUT2D eigenvalue weighted by Crippen LogP contribution is 2.20. The molecule has 2 rings (SSSR count). The zero-order valence-corrected chi connectivity index (χ0v) is 14.2. The second kappa shape index (κ2) is 8.33. The number of para-hydroxylation sites is 1. The number of benzene rings is 1. The van der Waals surface area contributed by atoms with Crippen LogP contribution in [0.5, 0.6) is 0 Å². The third kappa shape index (κ3) is 5.13. The predicted octanol–water partition coefficient (Wildman–Crippen LogP) is 4.33. The van der Waals surface area contributed by atoms with Gasteiger partial charge < -0.3 is 4.90 Å². The third-order valence-corrected chi connectivity index (χ3v) is 4.35. The molecule has 0 spiro atoms. The molecule has 1 fully saturated rings. The summed E-state index contributed by atoms with van der Waals surface area (Å²) < 4.78 is 13.8. The summed E-state index contributed by atoms with van der Waals surface area (Å²) in [5, 5.41) is 0. The molecule has 3 heteroatoms. The Morgan fingerprint density at radius 3 is 2.50 bits per heavy atom. The molecule has 1 aromatic rings. The first-order valence-electron chi connectivity index (χ1n) is 8.41. The van der Waals surface area contributed by atoms with Gasteiger partial charge in [0.15, 0.2) is 0 Å². The molecule has 1 unspecified atom stereocenters. The van der Waals surface area contributed by atoms with Gasteiger partial charge in [-0.1, -0.05) is 30.7 Å². The van der Waals surface area contributed by atoms with Crippen LogP contribution >= 0.6 is 0 Å². The van der Waals surface area contributed by atoms with E-state index in [-0.39, 0.29) is 5.82 Å². The Kier molecular flexibility index (Phi) is 6.44. The molecule has 0 N–H and O–H groups in total. The lowest BCUT2D eigenvalue weighted by Crippen LogP contribution is -2.47. The van der Waals surface area contributed by atoms with Gasteiger partial charge in [0.05, 0.1) is 5.69 Å². The summed E-state index contributed by atoms with van der Waals surface area (Å²) in [6.07, 6.45) is 4.75. The summed E-state index contributed by atoms with van der Waals surface area (Å²) in [6, 6.07) is 7.10. The number of piperazine rings is 1. The Hall–Kier alpha value is -1.35. The van der Waals surface area contributed by atoms with E-state index in [4.69, 9.17) is 0 Å². The molecule has 1 saturated heterocycles. The summed E-state index contributed by atoms with van der Waals surface area (Å²) in [6.45, 7) is 11.7. The van der Waals surface area contributed by atoms with Gasteiger partial charge in [-0.25, -0.2) is 4.39 Å². The van der Waals surface area contributed by atoms with Gasteiger partial charge >= 0.3 is 0 Å². The summed E-state index contributed by atoms with van der Waals surface area (Å²) in [7, 11) is 0. The molecule has 0 radical (unpaired) electrons. The van der Waals surface area contributed by atoms with E-state index >= 15 is 0 Å². The minimum Gasteiger partial charge on any atom is -0.367 e. The van der Waals surface area contributed by atoms with E-state index in [1.165, 1.54) is 18.4 Å². The molecule has 122 valence electrons. The second-order valence-corrected chi connectivity index (χ2v) is 6.70. The molecule has 0 amide bonds. The van der Waals surface area contributed by atoms with Crippen LogP contribution in [0.15, 0.2) is 35.9 Å². The molecular formula is C19H29FN2. The molecule has 22 heavy (non-hydrogen) atoms. The fraction of sp³-hybridized carbons (Fsp3) is 0.579. The van der Waals surface area contributed by atoms with E-state index in [2.05, 4.69) is 36.6 Å². The van der Waals surface area contributed by atoms with E-state index < -0.39 is 0 Å². The van der Waals surface area contributed by atoms with Crippen molar-refractivity contribution >= 4 is 5.69 Å². The van der Waals surface area contributed by atoms with E-state index in [0.29, 0.717) is 0 Å². The number of hydrogen-bond acceptors (Lipinski definition) is 2. The van der Waals surface area contributed by atoms with Crippen LogP contribution in [0.3, 0.4) is 0 Å². The SMILES string of the molecule is CC(C)=CCCC(C)CN1CCN(c2ccccc2F)CC1. The number of nitrogens with zero attached hydrogens (tertiary/aromatic N) is 2. The Morgan fingerprint density at radius 2 is 1.86 bits per heavy atom. The van der Waals surface area contributed by atoms with Crippen LogP contribution in [-0.4, -0.2) is 37.6 Å². The first-order valence-corrected chi connectivity index (χ1v) is 8.41. The summed E-state index contributed by atoms with van der Waals surface area (Å²) >= 11 is 0. The van der Waals surface area contributed by atoms with Gasteiger partial charge in [-0.05, 0) is 44.7 Å². The van der Waals surface area contributed by atoms with Crippen LogP contribution in [0.2, 0.25) is 0 Å². The van der Waals surface area contributed by atoms with Crippen molar-refractivity contribution in [2.75, 3.05) is 37.6 Å². The maximum atomic E-state index is 13.8. The molecule has 0 aromatic heterocycles. The molecule has 0 aliphatic carbocycles. The van der Waals surface area contributed by atoms with Crippen molar-refractivity contribution in [3.63, 3.8) is 0 Å². The maximum Gasteiger partial charge on any atom is 0.146 e. The van der Waals surface area contributed by atoms with Crippen LogP contribution in [0.1, 0.15) is 33.6 Å². The van der Waals surface area contributed by atoms with E-state index in [1.54, 1.807) is 12.1 Å². The van der Waals surface area contributed by atoms with Crippen molar-refractivity contribution < 1.29 is 4.39 Å². The van der Waals surface area contributed by atoms with Crippen molar-refractivity contribution in [3.8, 4) is 0 Å². The molecule has 1 aliphatic rings. The zero-order valence-electron chi connectivity index (χ0n) is 14.2. The summed E-state index contributed by atoms with van der Waals surface area (Å²) in [5.74, 6) is 0.613. The fourth-order valence-corrected chi connectivity index (χ4v) is 3.07. The Balaban J connectivity index is 1.75. The van der Waals surface area contributed by atoms with Gasteiger partial charge in [-0.2, -0.15) is 0 Å². The molecule has 1 heterocycles. The first kappa shape index (κ1) is 17.0. The predicted molar refractivity (Wildman–Crippen MR) is 92.9 cm³/mol. The highest BCUT2D eigenvalue weighted by molar-refractivity contribution is 5.47. The Morgan fingerprint density at radius 1 is 1.18 bits per heavy atom. The lowest BCUT2D eigenvalue weighted by molar-refractivity contribution is 0.220. The van der Waals surface area contributed by atoms with Crippen molar-refractivity contribution in [2.45, 2.75) is 33.6 Å². The lowest BCUT2D eigenvalue weighted by Gasteiger charge is -2.37. The minimum absolute atomic E-state index is 0.106. The van der Waals surface area contributed by atoms with Gasteiger partial charge in [0.25, 0.3) is 0 Å². The molecule has 1 aliphatic heterocycles. The van der Waals surface area contributed by atoms with Crippen molar-refractivity contribution in [2.24, 2.45) is 5.92 Å². The second-order valence-electron chi connectivity index (χ2n) is 6.70. The average molecular weight is 304 g/mol. The van der Waals surface area contributed by atoms with E-state index in [9.17, 15) is 4.39 Å². The van der Waals surface area contributed by atoms with Gasteiger partial charge in [0.1, 0.15) is 5.82 Å². The molecule has 1 aromatic carbocycles. The smallest absolute Gasteiger partial charge is 0.146 e. The normalized spacial score (nSPS) is 17.4. The van der Waals surface area contributed by atoms with Crippen LogP contribution in [0, 0.1) is 11.7 Å². The first-order chi connectivity index (χ1) is 10.6. The number of anilines is 1. The lowest BCUT2D eigenvalue weighted by atomic mass is 10.0. The third-order valence-electron chi connectivity index (χ3n) is 4.35. The quantitative estimate of drug-likeness (QED) is 0.722. The van der Waals surface area contributed by atoms with Gasteiger partial charge in [-0.15, -0.1) is 0 Å². The van der Waals surface area contributed by atoms with Gasteiger partial charge in [-0.3, -0.25) is 4.90 Å². The maximum absolute atomic E-state index is 13.8. The highest BCUT2D eigenvalue weighted by Gasteiger charge is 2.20. The van der Waals surface area contributed by atoms with Gasteiger partial charge in [0, 0.05) is 32.7 Å². The summed E-state index contributed by atoms with van der Waals surface area (Å²) in [4.78, 5) is 4.68. The fourth-order valence-electron chi connectivity index (χ4n) is 3.07. The molecule has 2 nitrogen and oxygen atoms in total. The number of halogens is 1. The monoisotopic (exact) mass is 304 g/mol. The minimum atomic E-state index is -0.106. The molecule has 1 atom stereocenters. The number of allylic oxidation sites excluding steroid dienone is 2. The van der Waals surface area contributed by atoms with Crippen LogP contribution in [0.4, 0.5) is 10.1 Å². The van der Waals surface area contributed by atoms with Gasteiger partial charge in [0.2, 0.25) is 0 Å². The number of rotatable bonds is 6. The zero-order chi connectivity index (χ0) is 15.9. The van der Waals surface area contributed by atoms with Crippen LogP contribution in [0.25, 0.3) is 0 Å². The van der Waals surface area contributed by atoms with Crippen LogP contribution in [-0.2, 0) is 0 Å². The molecule has 0 bridgehead atoms. The summed E-state index contributed by atoms with van der Waals surface area (Å²) in [5.41, 5.74) is 2.16. The molecule has 0 saturated carbocycles. The number of hydrogen-bond donors (Lipinski definition) is 0.